The van der Waals surface area contributed by atoms with Gasteiger partial charge in [0.2, 0.25) is 11.8 Å². The first kappa shape index (κ1) is 20.8. The summed E-state index contributed by atoms with van der Waals surface area (Å²) in [6, 6.07) is 14.1. The van der Waals surface area contributed by atoms with Crippen LogP contribution in [0.4, 0.5) is 0 Å². The smallest absolute Gasteiger partial charge is 0.240 e. The van der Waals surface area contributed by atoms with E-state index in [2.05, 4.69) is 34.5 Å². The van der Waals surface area contributed by atoms with E-state index in [1.165, 1.54) is 5.39 Å². The summed E-state index contributed by atoms with van der Waals surface area (Å²) in [5, 5.41) is 5.48. The lowest BCUT2D eigenvalue weighted by molar-refractivity contribution is -0.143. The van der Waals surface area contributed by atoms with Crippen molar-refractivity contribution in [3.63, 3.8) is 0 Å². The van der Waals surface area contributed by atoms with Crippen molar-refractivity contribution >= 4 is 22.6 Å². The van der Waals surface area contributed by atoms with Crippen molar-refractivity contribution in [2.75, 3.05) is 39.4 Å². The van der Waals surface area contributed by atoms with Crippen LogP contribution in [0, 0.1) is 0 Å². The maximum Gasteiger partial charge on any atom is 0.240 e. The number of fused-ring (bicyclic) bond motifs is 1. The predicted octanol–water partition coefficient (Wildman–Crippen LogP) is 2.73. The second-order valence-electron chi connectivity index (χ2n) is 8.28. The van der Waals surface area contributed by atoms with Gasteiger partial charge in [0, 0.05) is 13.1 Å². The zero-order valence-electron chi connectivity index (χ0n) is 17.7. The molecule has 0 spiro atoms. The van der Waals surface area contributed by atoms with Gasteiger partial charge in [0.1, 0.15) is 0 Å². The number of nitrogens with one attached hydrogen (secondary N) is 1. The minimum atomic E-state index is -0.199. The molecule has 2 unspecified atom stereocenters. The van der Waals surface area contributed by atoms with Crippen LogP contribution in [-0.2, 0) is 14.3 Å². The number of benzene rings is 2. The Morgan fingerprint density at radius 1 is 1.07 bits per heavy atom. The lowest BCUT2D eigenvalue weighted by Gasteiger charge is -2.38. The summed E-state index contributed by atoms with van der Waals surface area (Å²) in [5.74, 6) is 0.116. The first-order chi connectivity index (χ1) is 14.6. The quantitative estimate of drug-likeness (QED) is 0.825. The molecule has 2 aromatic carbocycles. The Morgan fingerprint density at radius 3 is 2.67 bits per heavy atom. The molecule has 2 aromatic rings. The van der Waals surface area contributed by atoms with Crippen molar-refractivity contribution in [2.24, 2.45) is 0 Å². The van der Waals surface area contributed by atoms with Gasteiger partial charge in [0.05, 0.1) is 31.8 Å². The number of piperidine rings is 1. The van der Waals surface area contributed by atoms with E-state index in [-0.39, 0.29) is 30.4 Å². The van der Waals surface area contributed by atoms with Crippen LogP contribution in [0.15, 0.2) is 42.5 Å². The van der Waals surface area contributed by atoms with Crippen LogP contribution >= 0.6 is 0 Å². The van der Waals surface area contributed by atoms with E-state index in [4.69, 9.17) is 4.74 Å². The zero-order chi connectivity index (χ0) is 20.9. The molecule has 0 bridgehead atoms. The molecule has 2 aliphatic heterocycles. The Hall–Kier alpha value is -2.44. The minimum absolute atomic E-state index is 0.0305. The number of ether oxygens (including phenoxy) is 1. The number of hydrogen-bond donors (Lipinski definition) is 1. The zero-order valence-corrected chi connectivity index (χ0v) is 17.7. The summed E-state index contributed by atoms with van der Waals surface area (Å²) in [4.78, 5) is 29.9. The van der Waals surface area contributed by atoms with Crippen molar-refractivity contribution in [3.05, 3.63) is 48.0 Å². The Morgan fingerprint density at radius 2 is 1.83 bits per heavy atom. The Balaban J connectivity index is 1.41. The molecule has 0 aromatic heterocycles. The highest BCUT2D eigenvalue weighted by Gasteiger charge is 2.33. The molecule has 2 atom stereocenters. The van der Waals surface area contributed by atoms with Gasteiger partial charge in [0.15, 0.2) is 0 Å². The van der Waals surface area contributed by atoms with Crippen LogP contribution in [0.25, 0.3) is 10.8 Å². The fourth-order valence-corrected chi connectivity index (χ4v) is 4.63. The van der Waals surface area contributed by atoms with Crippen LogP contribution in [0.1, 0.15) is 37.8 Å². The standard InChI is InChI=1S/C24H31N3O3/c1-18(20-10-6-8-19-7-2-3-9-21(19)20)25-23(28)17-27-12-5-4-11-22(27)24(29)26-13-15-30-16-14-26/h2-3,6-10,18,22H,4-5,11-17H2,1H3,(H,25,28). The van der Waals surface area contributed by atoms with Gasteiger partial charge in [-0.2, -0.15) is 0 Å². The van der Waals surface area contributed by atoms with Crippen molar-refractivity contribution in [2.45, 2.75) is 38.3 Å². The molecular formula is C24H31N3O3. The van der Waals surface area contributed by atoms with Crippen molar-refractivity contribution < 1.29 is 14.3 Å². The van der Waals surface area contributed by atoms with Crippen LogP contribution < -0.4 is 5.32 Å². The number of likely N-dealkylation sites (tertiary alicyclic amines) is 1. The fourth-order valence-electron chi connectivity index (χ4n) is 4.63. The van der Waals surface area contributed by atoms with Crippen LogP contribution in [0.5, 0.6) is 0 Å². The van der Waals surface area contributed by atoms with E-state index < -0.39 is 0 Å². The average molecular weight is 410 g/mol. The van der Waals surface area contributed by atoms with Crippen LogP contribution in [-0.4, -0.2) is 67.0 Å². The summed E-state index contributed by atoms with van der Waals surface area (Å²) in [5.41, 5.74) is 1.11. The third-order valence-corrected chi connectivity index (χ3v) is 6.24. The van der Waals surface area contributed by atoms with Gasteiger partial charge in [-0.25, -0.2) is 0 Å². The van der Waals surface area contributed by atoms with Crippen molar-refractivity contribution in [3.8, 4) is 0 Å². The number of rotatable bonds is 5. The largest absolute Gasteiger partial charge is 0.378 e. The number of morpholine rings is 1. The van der Waals surface area contributed by atoms with Gasteiger partial charge in [-0.15, -0.1) is 0 Å². The lowest BCUT2D eigenvalue weighted by atomic mass is 9.99. The second-order valence-corrected chi connectivity index (χ2v) is 8.28. The SMILES string of the molecule is CC(NC(=O)CN1CCCCC1C(=O)N1CCOCC1)c1cccc2ccccc12. The van der Waals surface area contributed by atoms with Gasteiger partial charge in [-0.05, 0) is 42.6 Å². The van der Waals surface area contributed by atoms with E-state index in [1.54, 1.807) is 0 Å². The molecule has 4 rings (SSSR count). The third kappa shape index (κ3) is 4.65. The van der Waals surface area contributed by atoms with E-state index in [9.17, 15) is 9.59 Å². The van der Waals surface area contributed by atoms with Gasteiger partial charge in [-0.1, -0.05) is 48.9 Å². The summed E-state index contributed by atoms with van der Waals surface area (Å²) in [6.07, 6.45) is 2.88. The topological polar surface area (TPSA) is 61.9 Å². The molecular weight excluding hydrogens is 378 g/mol. The Kier molecular flexibility index (Phi) is 6.65. The highest BCUT2D eigenvalue weighted by Crippen LogP contribution is 2.24. The molecule has 2 heterocycles. The molecule has 0 aliphatic carbocycles. The normalized spacial score (nSPS) is 21.4. The number of hydrogen-bond acceptors (Lipinski definition) is 4. The monoisotopic (exact) mass is 409 g/mol. The average Bonchev–Trinajstić information content (AvgIpc) is 2.79. The lowest BCUT2D eigenvalue weighted by Crippen LogP contribution is -2.55. The molecule has 2 amide bonds. The highest BCUT2D eigenvalue weighted by atomic mass is 16.5. The second kappa shape index (κ2) is 9.58. The highest BCUT2D eigenvalue weighted by molar-refractivity contribution is 5.87. The predicted molar refractivity (Wildman–Crippen MR) is 117 cm³/mol. The maximum atomic E-state index is 13.0. The van der Waals surface area contributed by atoms with Gasteiger partial charge >= 0.3 is 0 Å². The van der Waals surface area contributed by atoms with Gasteiger partial charge < -0.3 is 15.0 Å². The molecule has 0 radical (unpaired) electrons. The molecule has 6 nitrogen and oxygen atoms in total. The first-order valence-corrected chi connectivity index (χ1v) is 11.0. The summed E-state index contributed by atoms with van der Waals surface area (Å²) in [7, 11) is 0. The fraction of sp³-hybridized carbons (Fsp3) is 0.500. The molecule has 160 valence electrons. The summed E-state index contributed by atoms with van der Waals surface area (Å²) < 4.78 is 5.37. The van der Waals surface area contributed by atoms with Crippen LogP contribution in [0.2, 0.25) is 0 Å². The number of nitrogens with zero attached hydrogens (tertiary/aromatic N) is 2. The van der Waals surface area contributed by atoms with Gasteiger partial charge in [0.25, 0.3) is 0 Å². The molecule has 2 saturated heterocycles. The molecule has 30 heavy (non-hydrogen) atoms. The van der Waals surface area contributed by atoms with Crippen molar-refractivity contribution in [1.82, 2.24) is 15.1 Å². The Bertz CT molecular complexity index is 889. The van der Waals surface area contributed by atoms with Gasteiger partial charge in [-0.3, -0.25) is 14.5 Å². The molecule has 2 aliphatic rings. The maximum absolute atomic E-state index is 13.0. The molecule has 0 saturated carbocycles. The molecule has 2 fully saturated rings. The summed E-state index contributed by atoms with van der Waals surface area (Å²) >= 11 is 0. The summed E-state index contributed by atoms with van der Waals surface area (Å²) in [6.45, 7) is 5.56. The minimum Gasteiger partial charge on any atom is -0.378 e. The van der Waals surface area contributed by atoms with E-state index in [0.717, 1.165) is 36.8 Å². The Labute approximate surface area is 178 Å². The third-order valence-electron chi connectivity index (χ3n) is 6.24. The number of carbonyl (C=O) groups is 2. The van der Waals surface area contributed by atoms with Crippen molar-refractivity contribution in [1.29, 1.82) is 0 Å². The van der Waals surface area contributed by atoms with E-state index >= 15 is 0 Å². The molecule has 1 N–H and O–H groups in total. The number of amides is 2. The number of carbonyl (C=O) groups excluding carboxylic acids is 2. The first-order valence-electron chi connectivity index (χ1n) is 11.0. The van der Waals surface area contributed by atoms with E-state index in [1.807, 2.05) is 30.0 Å². The van der Waals surface area contributed by atoms with E-state index in [0.29, 0.717) is 26.3 Å². The molecule has 6 heteroatoms. The van der Waals surface area contributed by atoms with Crippen LogP contribution in [0.3, 0.4) is 0 Å².